The first-order valence-electron chi connectivity index (χ1n) is 2.38. The van der Waals surface area contributed by atoms with Gasteiger partial charge in [0.1, 0.15) is 0 Å². The summed E-state index contributed by atoms with van der Waals surface area (Å²) >= 11 is -0.384. The van der Waals surface area contributed by atoms with Crippen molar-refractivity contribution < 1.29 is 18.0 Å². The van der Waals surface area contributed by atoms with Crippen LogP contribution in [-0.4, -0.2) is 0 Å². The van der Waals surface area contributed by atoms with Gasteiger partial charge in [-0.25, -0.2) is 0 Å². The summed E-state index contributed by atoms with van der Waals surface area (Å²) < 4.78 is 4.26. The van der Waals surface area contributed by atoms with E-state index in [-0.39, 0.29) is 18.0 Å². The molecule has 0 fully saturated rings. The van der Waals surface area contributed by atoms with E-state index in [4.69, 9.17) is 6.42 Å². The summed E-state index contributed by atoms with van der Waals surface area (Å²) in [5.41, 5.74) is 0. The molecular weight excluding hydrogens is 270 g/mol. The molecule has 41 valence electrons. The summed E-state index contributed by atoms with van der Waals surface area (Å²) in [5, 5.41) is 0. The minimum atomic E-state index is -0.384. The molecule has 0 aromatic carbocycles. The van der Waals surface area contributed by atoms with Crippen molar-refractivity contribution in [2.75, 3.05) is 0 Å². The molecule has 1 heteroatoms. The Morgan fingerprint density at radius 1 is 1.75 bits per heavy atom. The summed E-state index contributed by atoms with van der Waals surface area (Å²) in [4.78, 5) is 0. The third-order valence-electron chi connectivity index (χ3n) is 0.902. The van der Waals surface area contributed by atoms with Crippen LogP contribution in [0.3, 0.4) is 0 Å². The second kappa shape index (κ2) is 2.88. The van der Waals surface area contributed by atoms with Gasteiger partial charge < -0.3 is 0 Å². The van der Waals surface area contributed by atoms with Gasteiger partial charge in [0.05, 0.1) is 0 Å². The number of hydrogen-bond donors (Lipinski definition) is 0. The molecular formula is C7H6Re. The van der Waals surface area contributed by atoms with Crippen molar-refractivity contribution in [3.8, 4) is 10.8 Å². The van der Waals surface area contributed by atoms with Crippen LogP contribution in [0, 0.1) is 10.8 Å². The summed E-state index contributed by atoms with van der Waals surface area (Å²) in [7, 11) is 0. The maximum absolute atomic E-state index is 5.16. The molecule has 1 rings (SSSR count). The average Bonchev–Trinajstić information content (AvgIpc) is 2.19. The number of terminal acetylenes is 1. The molecule has 8 heavy (non-hydrogen) atoms. The molecule has 0 N–H and O–H groups in total. The van der Waals surface area contributed by atoms with Crippen LogP contribution < -0.4 is 0 Å². The van der Waals surface area contributed by atoms with E-state index < -0.39 is 0 Å². The molecule has 0 bridgehead atoms. The Labute approximate surface area is 57.8 Å². The summed E-state index contributed by atoms with van der Waals surface area (Å²) in [6.07, 6.45) is 12.7. The summed E-state index contributed by atoms with van der Waals surface area (Å²) in [6, 6.07) is 0. The van der Waals surface area contributed by atoms with Crippen molar-refractivity contribution in [2.24, 2.45) is 0 Å². The fourth-order valence-electron chi connectivity index (χ4n) is 0.561. The third kappa shape index (κ3) is 1.34. The maximum atomic E-state index is 5.16. The summed E-state index contributed by atoms with van der Waals surface area (Å²) in [6.45, 7) is 0. The van der Waals surface area contributed by atoms with E-state index >= 15 is 0 Å². The van der Waals surface area contributed by atoms with Gasteiger partial charge in [0.25, 0.3) is 0 Å². The van der Waals surface area contributed by atoms with Crippen molar-refractivity contribution in [2.45, 2.75) is 6.42 Å². The molecule has 0 spiro atoms. The molecule has 0 atom stereocenters. The van der Waals surface area contributed by atoms with E-state index in [0.717, 1.165) is 6.42 Å². The SMILES string of the molecule is C#[C][Re][C]1=CC=CC1. The van der Waals surface area contributed by atoms with Gasteiger partial charge in [-0.1, -0.05) is 0 Å². The molecule has 0 aromatic heterocycles. The van der Waals surface area contributed by atoms with Gasteiger partial charge in [-0.15, -0.1) is 0 Å². The quantitative estimate of drug-likeness (QED) is 0.637. The van der Waals surface area contributed by atoms with Gasteiger partial charge in [0.2, 0.25) is 0 Å². The zero-order chi connectivity index (χ0) is 5.82. The Balaban J connectivity index is 2.42. The number of rotatable bonds is 1. The molecule has 0 amide bonds. The van der Waals surface area contributed by atoms with Crippen LogP contribution in [0.4, 0.5) is 0 Å². The zero-order valence-electron chi connectivity index (χ0n) is 4.39. The molecule has 0 aromatic rings. The first kappa shape index (κ1) is 5.83. The Hall–Kier alpha value is -0.298. The van der Waals surface area contributed by atoms with Crippen LogP contribution in [0.25, 0.3) is 0 Å². The normalized spacial score (nSPS) is 15.6. The van der Waals surface area contributed by atoms with E-state index in [1.807, 2.05) is 0 Å². The van der Waals surface area contributed by atoms with Gasteiger partial charge in [-0.2, -0.15) is 0 Å². The van der Waals surface area contributed by atoms with Crippen LogP contribution in [-0.2, 0) is 18.0 Å². The second-order valence-corrected chi connectivity index (χ2v) is 4.66. The van der Waals surface area contributed by atoms with E-state index in [1.54, 1.807) is 0 Å². The Morgan fingerprint density at radius 3 is 3.12 bits per heavy atom. The van der Waals surface area contributed by atoms with Crippen LogP contribution in [0.2, 0.25) is 0 Å². The van der Waals surface area contributed by atoms with Gasteiger partial charge in [-0.3, -0.25) is 0 Å². The van der Waals surface area contributed by atoms with E-state index in [2.05, 4.69) is 22.6 Å². The summed E-state index contributed by atoms with van der Waals surface area (Å²) in [5.74, 6) is 0. The molecule has 0 saturated heterocycles. The number of hydrogen-bond acceptors (Lipinski definition) is 0. The van der Waals surface area contributed by atoms with Gasteiger partial charge >= 0.3 is 57.5 Å². The molecule has 0 aliphatic heterocycles. The van der Waals surface area contributed by atoms with E-state index in [1.165, 1.54) is 4.05 Å². The van der Waals surface area contributed by atoms with Crippen LogP contribution in [0.5, 0.6) is 0 Å². The Bertz CT molecular complexity index is 169. The molecule has 1 aliphatic rings. The van der Waals surface area contributed by atoms with E-state index in [9.17, 15) is 0 Å². The number of allylic oxidation sites excluding steroid dienone is 4. The van der Waals surface area contributed by atoms with Gasteiger partial charge in [0.15, 0.2) is 0 Å². The fraction of sp³-hybridized carbons (Fsp3) is 0.143. The Kier molecular flexibility index (Phi) is 2.10. The first-order chi connectivity index (χ1) is 3.93. The average molecular weight is 276 g/mol. The molecule has 0 saturated carbocycles. The standard InChI is InChI=1S/C5H5.C2H.Re/c1-2-4-5-3-1;1-2;/h1-3H,4H2;1H;. The fourth-order valence-corrected chi connectivity index (χ4v) is 2.15. The molecule has 0 heterocycles. The molecule has 0 nitrogen and oxygen atoms in total. The van der Waals surface area contributed by atoms with Crippen molar-refractivity contribution in [3.05, 3.63) is 22.3 Å². The van der Waals surface area contributed by atoms with Crippen LogP contribution in [0.15, 0.2) is 22.3 Å². The van der Waals surface area contributed by atoms with Crippen molar-refractivity contribution in [1.82, 2.24) is 0 Å². The van der Waals surface area contributed by atoms with Crippen LogP contribution in [0.1, 0.15) is 6.42 Å². The predicted octanol–water partition coefficient (Wildman–Crippen LogP) is 1.50. The Morgan fingerprint density at radius 2 is 2.62 bits per heavy atom. The molecule has 0 radical (unpaired) electrons. The monoisotopic (exact) mass is 277 g/mol. The topological polar surface area (TPSA) is 0 Å². The predicted molar refractivity (Wildman–Crippen MR) is 30.7 cm³/mol. The van der Waals surface area contributed by atoms with Gasteiger partial charge in [0, 0.05) is 0 Å². The zero-order valence-corrected chi connectivity index (χ0v) is 7.11. The van der Waals surface area contributed by atoms with Gasteiger partial charge in [-0.05, 0) is 0 Å². The van der Waals surface area contributed by atoms with Crippen LogP contribution >= 0.6 is 0 Å². The first-order valence-corrected chi connectivity index (χ1v) is 5.10. The molecule has 0 unspecified atom stereocenters. The van der Waals surface area contributed by atoms with Crippen molar-refractivity contribution >= 4 is 0 Å². The molecule has 1 aliphatic carbocycles. The second-order valence-electron chi connectivity index (χ2n) is 1.45. The van der Waals surface area contributed by atoms with E-state index in [0.29, 0.717) is 0 Å². The third-order valence-corrected chi connectivity index (χ3v) is 3.17. The minimum absolute atomic E-state index is 0.384. The van der Waals surface area contributed by atoms with Crippen molar-refractivity contribution in [1.29, 1.82) is 0 Å². The van der Waals surface area contributed by atoms with Crippen molar-refractivity contribution in [3.63, 3.8) is 0 Å².